The van der Waals surface area contributed by atoms with E-state index in [9.17, 15) is 22.4 Å². The summed E-state index contributed by atoms with van der Waals surface area (Å²) >= 11 is 0. The van der Waals surface area contributed by atoms with Crippen molar-refractivity contribution in [1.82, 2.24) is 9.88 Å². The third kappa shape index (κ3) is 4.17. The number of carbonyl (C=O) groups is 1. The minimum atomic E-state index is -1.76. The Morgan fingerprint density at radius 2 is 1.89 bits per heavy atom. The van der Waals surface area contributed by atoms with Crippen molar-refractivity contribution in [2.24, 2.45) is 0 Å². The van der Waals surface area contributed by atoms with Crippen LogP contribution < -0.4 is 14.5 Å². The highest BCUT2D eigenvalue weighted by atomic mass is 19.2. The van der Waals surface area contributed by atoms with Crippen molar-refractivity contribution in [3.05, 3.63) is 83.8 Å². The van der Waals surface area contributed by atoms with E-state index in [1.54, 1.807) is 17.2 Å². The molecule has 2 aromatic carbocycles. The number of nitrogens with zero attached hydrogens (tertiary/aromatic N) is 3. The molecular formula is C25H20F5N5O2. The fourth-order valence-electron chi connectivity index (χ4n) is 4.55. The first kappa shape index (κ1) is 23.1. The number of hydrogen-bond donors (Lipinski definition) is 2. The number of aromatic amines is 1. The number of hydrogen-bond acceptors (Lipinski definition) is 4. The maximum absolute atomic E-state index is 15.3. The van der Waals surface area contributed by atoms with Crippen LogP contribution in [0.25, 0.3) is 0 Å². The molecule has 1 amide bonds. The van der Waals surface area contributed by atoms with Gasteiger partial charge in [-0.15, -0.1) is 0 Å². The van der Waals surface area contributed by atoms with E-state index in [0.29, 0.717) is 30.9 Å². The molecule has 1 saturated heterocycles. The number of ether oxygens (including phenoxy) is 1. The molecule has 2 N–H and O–H groups in total. The molecule has 3 aromatic rings. The van der Waals surface area contributed by atoms with Crippen LogP contribution in [0.2, 0.25) is 0 Å². The molecular weight excluding hydrogens is 497 g/mol. The largest absolute Gasteiger partial charge is 0.451 e. The monoisotopic (exact) mass is 518 g/mol. The predicted molar refractivity (Wildman–Crippen MR) is 125 cm³/mol. The molecule has 7 nitrogen and oxygen atoms in total. The highest BCUT2D eigenvalue weighted by Gasteiger charge is 2.37. The van der Waals surface area contributed by atoms with Gasteiger partial charge in [-0.3, -0.25) is 10.2 Å². The second kappa shape index (κ2) is 9.26. The Hall–Kier alpha value is -4.35. The van der Waals surface area contributed by atoms with Gasteiger partial charge in [0.1, 0.15) is 17.4 Å². The first-order valence-corrected chi connectivity index (χ1v) is 11.1. The van der Waals surface area contributed by atoms with E-state index in [1.165, 1.54) is 11.0 Å². The van der Waals surface area contributed by atoms with Crippen LogP contribution in [0.15, 0.2) is 49.2 Å². The molecule has 0 unspecified atom stereocenters. The molecule has 0 radical (unpaired) electrons. The van der Waals surface area contributed by atoms with E-state index < -0.39 is 40.6 Å². The summed E-state index contributed by atoms with van der Waals surface area (Å²) in [5, 5.41) is 8.64. The molecule has 5 rings (SSSR count). The zero-order valence-corrected chi connectivity index (χ0v) is 19.1. The number of rotatable bonds is 5. The molecule has 192 valence electrons. The number of amides is 1. The molecule has 12 heteroatoms. The molecule has 0 saturated carbocycles. The van der Waals surface area contributed by atoms with Gasteiger partial charge in [-0.05, 0) is 30.7 Å². The van der Waals surface area contributed by atoms with Crippen LogP contribution in [0, 0.1) is 34.5 Å². The summed E-state index contributed by atoms with van der Waals surface area (Å²) in [7, 11) is 0. The number of likely N-dealkylation sites (tertiary alicyclic amines) is 1. The summed E-state index contributed by atoms with van der Waals surface area (Å²) in [5.41, 5.74) is 0.444. The third-order valence-electron chi connectivity index (χ3n) is 6.39. The Bertz CT molecular complexity index is 1440. The molecule has 1 aromatic heterocycles. The van der Waals surface area contributed by atoms with Crippen molar-refractivity contribution in [3.63, 3.8) is 0 Å². The van der Waals surface area contributed by atoms with Crippen LogP contribution in [0.5, 0.6) is 11.5 Å². The van der Waals surface area contributed by atoms with E-state index in [0.717, 1.165) is 24.8 Å². The number of anilines is 2. The molecule has 2 aliphatic heterocycles. The lowest BCUT2D eigenvalue weighted by Gasteiger charge is -2.41. The van der Waals surface area contributed by atoms with Gasteiger partial charge in [0, 0.05) is 31.4 Å². The highest BCUT2D eigenvalue weighted by Crippen LogP contribution is 2.36. The summed E-state index contributed by atoms with van der Waals surface area (Å²) in [6.07, 6.45) is 3.41. The number of aromatic nitrogens is 1. The van der Waals surface area contributed by atoms with E-state index in [2.05, 4.69) is 4.98 Å². The van der Waals surface area contributed by atoms with Crippen LogP contribution in [-0.4, -0.2) is 47.4 Å². The van der Waals surface area contributed by atoms with Gasteiger partial charge in [-0.25, -0.2) is 13.2 Å². The summed E-state index contributed by atoms with van der Waals surface area (Å²) in [6.45, 7) is 1.79. The van der Waals surface area contributed by atoms with Crippen molar-refractivity contribution in [2.45, 2.75) is 12.5 Å². The number of H-pyrrole nitrogens is 1. The maximum atomic E-state index is 15.3. The van der Waals surface area contributed by atoms with Gasteiger partial charge < -0.3 is 24.4 Å². The van der Waals surface area contributed by atoms with Crippen molar-refractivity contribution in [1.29, 1.82) is 5.41 Å². The first-order chi connectivity index (χ1) is 18.2. The van der Waals surface area contributed by atoms with Crippen molar-refractivity contribution >= 4 is 23.2 Å². The zero-order chi connectivity index (χ0) is 27.1. The van der Waals surface area contributed by atoms with Crippen LogP contribution >= 0.6 is 0 Å². The lowest BCUT2D eigenvalue weighted by Crippen LogP contribution is -2.52. The lowest BCUT2D eigenvalue weighted by molar-refractivity contribution is -0.125. The van der Waals surface area contributed by atoms with E-state index in [4.69, 9.17) is 11.5 Å². The second-order valence-corrected chi connectivity index (χ2v) is 8.53. The average molecular weight is 518 g/mol. The number of nitrogens with one attached hydrogen (secondary N) is 2. The Labute approximate surface area is 209 Å². The van der Waals surface area contributed by atoms with E-state index >= 15 is 4.39 Å². The number of carbonyl (C=O) groups excluding carboxylic acids is 1. The SMILES string of the molecule is [2H]C=CC(=O)N1CC[C@@H](N2CN(c3ccc(Oc4c(F)c(F)cc(F)c4F)cc3F)C(=N)c3cc[nH]c32)C1. The van der Waals surface area contributed by atoms with E-state index in [1.807, 2.05) is 4.90 Å². The Morgan fingerprint density at radius 3 is 2.59 bits per heavy atom. The van der Waals surface area contributed by atoms with Crippen LogP contribution in [0.4, 0.5) is 33.5 Å². The summed E-state index contributed by atoms with van der Waals surface area (Å²) in [5.74, 6) is -9.18. The first-order valence-electron chi connectivity index (χ1n) is 11.7. The lowest BCUT2D eigenvalue weighted by atomic mass is 10.1. The predicted octanol–water partition coefficient (Wildman–Crippen LogP) is 4.90. The van der Waals surface area contributed by atoms with Gasteiger partial charge in [-0.1, -0.05) is 6.55 Å². The average Bonchev–Trinajstić information content (AvgIpc) is 3.57. The van der Waals surface area contributed by atoms with Crippen LogP contribution in [0.3, 0.4) is 0 Å². The molecule has 1 fully saturated rings. The highest BCUT2D eigenvalue weighted by molar-refractivity contribution is 6.13. The molecule has 2 aliphatic rings. The third-order valence-corrected chi connectivity index (χ3v) is 6.39. The van der Waals surface area contributed by atoms with Gasteiger partial charge in [0.15, 0.2) is 17.5 Å². The number of halogens is 5. The van der Waals surface area contributed by atoms with Gasteiger partial charge >= 0.3 is 0 Å². The van der Waals surface area contributed by atoms with E-state index in [-0.39, 0.29) is 36.2 Å². The Balaban J connectivity index is 1.42. The normalized spacial score (nSPS) is 18.0. The molecule has 37 heavy (non-hydrogen) atoms. The smallest absolute Gasteiger partial charge is 0.246 e. The minimum Gasteiger partial charge on any atom is -0.451 e. The van der Waals surface area contributed by atoms with Gasteiger partial charge in [0.05, 0.1) is 25.3 Å². The quantitative estimate of drug-likeness (QED) is 0.286. The van der Waals surface area contributed by atoms with Crippen LogP contribution in [-0.2, 0) is 4.79 Å². The maximum Gasteiger partial charge on any atom is 0.246 e. The van der Waals surface area contributed by atoms with Crippen molar-refractivity contribution in [2.75, 3.05) is 29.6 Å². The van der Waals surface area contributed by atoms with Crippen LogP contribution in [0.1, 0.15) is 13.4 Å². The summed E-state index contributed by atoms with van der Waals surface area (Å²) in [6, 6.07) is 4.72. The number of benzene rings is 2. The standard InChI is InChI=1S/C25H20F5N5O2/c1-2-20(36)33-8-6-13(11-33)34-12-35(24(31)15-5-7-32-25(15)34)19-4-3-14(9-16(19)26)37-23-21(29)17(27)10-18(28)22(23)30/h2-5,7,9-10,13,31-32H,1,6,8,11-12H2/t13-/m1/s1/i1D. The zero-order valence-electron chi connectivity index (χ0n) is 20.1. The van der Waals surface area contributed by atoms with Gasteiger partial charge in [0.2, 0.25) is 23.3 Å². The summed E-state index contributed by atoms with van der Waals surface area (Å²) in [4.78, 5) is 20.2. The number of fused-ring (bicyclic) bond motifs is 1. The van der Waals surface area contributed by atoms with Gasteiger partial charge in [0.25, 0.3) is 0 Å². The second-order valence-electron chi connectivity index (χ2n) is 8.53. The molecule has 1 atom stereocenters. The molecule has 0 bridgehead atoms. The Kier molecular flexibility index (Phi) is 5.78. The van der Waals surface area contributed by atoms with Crippen molar-refractivity contribution in [3.8, 4) is 11.5 Å². The molecule has 0 spiro atoms. The minimum absolute atomic E-state index is 0.0163. The fraction of sp³-hybridized carbons (Fsp3) is 0.200. The number of amidine groups is 1. The Morgan fingerprint density at radius 1 is 1.14 bits per heavy atom. The van der Waals surface area contributed by atoms with Gasteiger partial charge in [-0.2, -0.15) is 8.78 Å². The topological polar surface area (TPSA) is 75.7 Å². The fourth-order valence-corrected chi connectivity index (χ4v) is 4.55. The van der Waals surface area contributed by atoms with Crippen molar-refractivity contribution < 1.29 is 32.9 Å². The molecule has 3 heterocycles. The molecule has 0 aliphatic carbocycles. The summed E-state index contributed by atoms with van der Waals surface area (Å²) < 4.78 is 82.3.